The monoisotopic (exact) mass is 473 g/mol. The molecule has 0 spiro atoms. The number of hydrogen-bond donors (Lipinski definition) is 2. The van der Waals surface area contributed by atoms with Crippen LogP contribution in [0.25, 0.3) is 33.3 Å². The van der Waals surface area contributed by atoms with Crippen LogP contribution in [-0.4, -0.2) is 33.3 Å². The van der Waals surface area contributed by atoms with E-state index in [1.807, 2.05) is 84.0 Å². The Morgan fingerprint density at radius 1 is 0.917 bits per heavy atom. The van der Waals surface area contributed by atoms with Crippen LogP contribution in [0.3, 0.4) is 0 Å². The van der Waals surface area contributed by atoms with Crippen molar-refractivity contribution in [3.8, 4) is 22.3 Å². The lowest BCUT2D eigenvalue weighted by Gasteiger charge is -2.16. The Hall–Kier alpha value is -4.78. The maximum Gasteiger partial charge on any atom is 0.272 e. The second-order valence-corrected chi connectivity index (χ2v) is 8.78. The first kappa shape index (κ1) is 21.7. The molecule has 2 N–H and O–H groups in total. The summed E-state index contributed by atoms with van der Waals surface area (Å²) in [4.78, 5) is 38.7. The molecule has 1 aliphatic rings. The largest absolute Gasteiger partial charge is 0.335 e. The van der Waals surface area contributed by atoms with Gasteiger partial charge in [-0.1, -0.05) is 30.3 Å². The van der Waals surface area contributed by atoms with Crippen molar-refractivity contribution >= 4 is 34.2 Å². The highest BCUT2D eigenvalue weighted by molar-refractivity contribution is 6.07. The van der Waals surface area contributed by atoms with E-state index in [-0.39, 0.29) is 11.8 Å². The molecule has 5 aromatic rings. The molecule has 7 nitrogen and oxygen atoms in total. The minimum Gasteiger partial charge on any atom is -0.335 e. The van der Waals surface area contributed by atoms with Gasteiger partial charge in [0.1, 0.15) is 11.3 Å². The van der Waals surface area contributed by atoms with Gasteiger partial charge in [0, 0.05) is 59.4 Å². The molecule has 1 fully saturated rings. The Kier molecular flexibility index (Phi) is 5.50. The van der Waals surface area contributed by atoms with E-state index in [1.165, 1.54) is 0 Å². The van der Waals surface area contributed by atoms with Gasteiger partial charge < -0.3 is 15.2 Å². The summed E-state index contributed by atoms with van der Waals surface area (Å²) in [6.45, 7) is 0.773. The Morgan fingerprint density at radius 2 is 1.72 bits per heavy atom. The summed E-state index contributed by atoms with van der Waals surface area (Å²) in [5, 5.41) is 3.75. The van der Waals surface area contributed by atoms with Crippen molar-refractivity contribution in [2.75, 3.05) is 16.8 Å². The molecule has 36 heavy (non-hydrogen) atoms. The number of fused-ring (bicyclic) bond motifs is 1. The normalized spacial score (nSPS) is 13.3. The highest BCUT2D eigenvalue weighted by atomic mass is 16.2. The van der Waals surface area contributed by atoms with E-state index in [0.29, 0.717) is 17.8 Å². The van der Waals surface area contributed by atoms with E-state index in [9.17, 15) is 9.59 Å². The number of carbonyl (C=O) groups is 2. The topological polar surface area (TPSA) is 91.0 Å². The SMILES string of the molecule is O=C(Nc1ccccc1)c1cc2c(-c3cncc(-c4ccc(N5CCCC5=O)cc4)c3)ccnc2[nH]1. The highest BCUT2D eigenvalue weighted by Crippen LogP contribution is 2.32. The number of nitrogens with one attached hydrogen (secondary N) is 2. The summed E-state index contributed by atoms with van der Waals surface area (Å²) in [5.74, 6) is -0.0509. The Bertz CT molecular complexity index is 1570. The van der Waals surface area contributed by atoms with E-state index in [4.69, 9.17) is 0 Å². The minimum absolute atomic E-state index is 0.177. The van der Waals surface area contributed by atoms with Crippen LogP contribution in [0.2, 0.25) is 0 Å². The third-order valence-corrected chi connectivity index (χ3v) is 6.44. The number of aromatic nitrogens is 3. The van der Waals surface area contributed by atoms with E-state index in [1.54, 1.807) is 6.20 Å². The molecule has 4 heterocycles. The predicted octanol–water partition coefficient (Wildman–Crippen LogP) is 5.67. The van der Waals surface area contributed by atoms with Crippen LogP contribution in [0.4, 0.5) is 11.4 Å². The van der Waals surface area contributed by atoms with Crippen LogP contribution in [0, 0.1) is 0 Å². The van der Waals surface area contributed by atoms with Crippen molar-refractivity contribution in [1.82, 2.24) is 15.0 Å². The third kappa shape index (κ3) is 4.11. The number of aromatic amines is 1. The van der Waals surface area contributed by atoms with Crippen molar-refractivity contribution in [2.45, 2.75) is 12.8 Å². The number of benzene rings is 2. The summed E-state index contributed by atoms with van der Waals surface area (Å²) in [6.07, 6.45) is 6.88. The molecule has 0 atom stereocenters. The van der Waals surface area contributed by atoms with Gasteiger partial charge in [0.25, 0.3) is 5.91 Å². The second kappa shape index (κ2) is 9.11. The Labute approximate surface area is 207 Å². The zero-order valence-electron chi connectivity index (χ0n) is 19.4. The number of hydrogen-bond acceptors (Lipinski definition) is 4. The zero-order chi connectivity index (χ0) is 24.5. The number of anilines is 2. The van der Waals surface area contributed by atoms with Gasteiger partial charge in [-0.25, -0.2) is 4.98 Å². The van der Waals surface area contributed by atoms with Gasteiger partial charge in [-0.3, -0.25) is 14.6 Å². The van der Waals surface area contributed by atoms with Gasteiger partial charge in [0.2, 0.25) is 5.91 Å². The molecule has 0 bridgehead atoms. The van der Waals surface area contributed by atoms with Crippen molar-refractivity contribution in [3.05, 3.63) is 97.1 Å². The first-order valence-corrected chi connectivity index (χ1v) is 11.9. The van der Waals surface area contributed by atoms with E-state index < -0.39 is 0 Å². The maximum atomic E-state index is 12.8. The van der Waals surface area contributed by atoms with Crippen LogP contribution in [0.15, 0.2) is 91.4 Å². The lowest BCUT2D eigenvalue weighted by Crippen LogP contribution is -2.23. The first-order chi connectivity index (χ1) is 17.7. The fraction of sp³-hybridized carbons (Fsp3) is 0.103. The van der Waals surface area contributed by atoms with Crippen molar-refractivity contribution in [2.24, 2.45) is 0 Å². The van der Waals surface area contributed by atoms with Crippen molar-refractivity contribution in [3.63, 3.8) is 0 Å². The molecule has 1 saturated heterocycles. The van der Waals surface area contributed by atoms with Gasteiger partial charge in [-0.05, 0) is 60.0 Å². The summed E-state index contributed by atoms with van der Waals surface area (Å²) in [6, 6.07) is 23.2. The van der Waals surface area contributed by atoms with Crippen LogP contribution in [0.1, 0.15) is 23.3 Å². The molecule has 3 aromatic heterocycles. The van der Waals surface area contributed by atoms with E-state index in [2.05, 4.69) is 26.3 Å². The number of nitrogens with zero attached hydrogens (tertiary/aromatic N) is 3. The Balaban J connectivity index is 1.30. The number of pyridine rings is 2. The van der Waals surface area contributed by atoms with Crippen molar-refractivity contribution in [1.29, 1.82) is 0 Å². The van der Waals surface area contributed by atoms with Crippen LogP contribution < -0.4 is 10.2 Å². The number of amides is 2. The molecule has 6 rings (SSSR count). The molecule has 0 radical (unpaired) electrons. The van der Waals surface area contributed by atoms with Gasteiger partial charge in [0.05, 0.1) is 0 Å². The molecule has 2 aromatic carbocycles. The van der Waals surface area contributed by atoms with Crippen LogP contribution >= 0.6 is 0 Å². The average Bonchev–Trinajstić information content (AvgIpc) is 3.56. The third-order valence-electron chi connectivity index (χ3n) is 6.44. The zero-order valence-corrected chi connectivity index (χ0v) is 19.4. The summed E-state index contributed by atoms with van der Waals surface area (Å²) in [5.41, 5.74) is 6.56. The fourth-order valence-electron chi connectivity index (χ4n) is 4.62. The lowest BCUT2D eigenvalue weighted by atomic mass is 10.0. The molecular formula is C29H23N5O2. The minimum atomic E-state index is -0.228. The number of para-hydroxylation sites is 1. The van der Waals surface area contributed by atoms with Gasteiger partial charge in [-0.2, -0.15) is 0 Å². The summed E-state index contributed by atoms with van der Waals surface area (Å²) >= 11 is 0. The molecule has 7 heteroatoms. The average molecular weight is 474 g/mol. The standard InChI is InChI=1S/C29H23N5O2/c35-27-7-4-14-34(27)23-10-8-19(9-11-23)20-15-21(18-30-17-20)24-12-13-31-28-25(24)16-26(33-28)29(36)32-22-5-2-1-3-6-22/h1-3,5-6,8-13,15-18H,4,7,14H2,(H,31,33)(H,32,36). The molecule has 176 valence electrons. The summed E-state index contributed by atoms with van der Waals surface area (Å²) < 4.78 is 0. The highest BCUT2D eigenvalue weighted by Gasteiger charge is 2.21. The predicted molar refractivity (Wildman–Crippen MR) is 141 cm³/mol. The Morgan fingerprint density at radius 3 is 2.50 bits per heavy atom. The van der Waals surface area contributed by atoms with Crippen LogP contribution in [-0.2, 0) is 4.79 Å². The van der Waals surface area contributed by atoms with E-state index in [0.717, 1.165) is 52.0 Å². The lowest BCUT2D eigenvalue weighted by molar-refractivity contribution is -0.117. The smallest absolute Gasteiger partial charge is 0.272 e. The quantitative estimate of drug-likeness (QED) is 0.344. The fourth-order valence-corrected chi connectivity index (χ4v) is 4.62. The van der Waals surface area contributed by atoms with Gasteiger partial charge >= 0.3 is 0 Å². The molecular weight excluding hydrogens is 450 g/mol. The second-order valence-electron chi connectivity index (χ2n) is 8.78. The van der Waals surface area contributed by atoms with Gasteiger partial charge in [0.15, 0.2) is 0 Å². The number of rotatable bonds is 5. The molecule has 0 unspecified atom stereocenters. The molecule has 2 amide bonds. The maximum absolute atomic E-state index is 12.8. The molecule has 0 aliphatic carbocycles. The van der Waals surface area contributed by atoms with Gasteiger partial charge in [-0.15, -0.1) is 0 Å². The van der Waals surface area contributed by atoms with Crippen LogP contribution in [0.5, 0.6) is 0 Å². The number of H-pyrrole nitrogens is 1. The molecule has 1 aliphatic heterocycles. The summed E-state index contributed by atoms with van der Waals surface area (Å²) in [7, 11) is 0. The number of carbonyl (C=O) groups excluding carboxylic acids is 2. The van der Waals surface area contributed by atoms with Crippen molar-refractivity contribution < 1.29 is 9.59 Å². The molecule has 0 saturated carbocycles. The first-order valence-electron chi connectivity index (χ1n) is 11.9. The van der Waals surface area contributed by atoms with E-state index >= 15 is 0 Å².